The Morgan fingerprint density at radius 2 is 2.00 bits per heavy atom. The summed E-state index contributed by atoms with van der Waals surface area (Å²) in [4.78, 5) is 36.3. The Hall–Kier alpha value is -2.44. The van der Waals surface area contributed by atoms with Gasteiger partial charge in [0.05, 0.1) is 11.5 Å². The van der Waals surface area contributed by atoms with Gasteiger partial charge >= 0.3 is 0 Å². The third-order valence-corrected chi connectivity index (χ3v) is 5.45. The Morgan fingerprint density at radius 3 is 2.66 bits per heavy atom. The predicted molar refractivity (Wildman–Crippen MR) is 111 cm³/mol. The van der Waals surface area contributed by atoms with Crippen molar-refractivity contribution in [2.24, 2.45) is 0 Å². The number of carbonyl (C=O) groups excluding carboxylic acids is 2. The fourth-order valence-electron chi connectivity index (χ4n) is 3.96. The molecule has 0 aromatic heterocycles. The van der Waals surface area contributed by atoms with Crippen LogP contribution in [0.15, 0.2) is 18.2 Å². The van der Waals surface area contributed by atoms with Crippen LogP contribution in [-0.2, 0) is 4.79 Å². The first-order valence-corrected chi connectivity index (χ1v) is 10.7. The zero-order valence-electron chi connectivity index (χ0n) is 17.3. The minimum absolute atomic E-state index is 0.0321. The summed E-state index contributed by atoms with van der Waals surface area (Å²) in [5, 5.41) is 11.0. The van der Waals surface area contributed by atoms with Crippen molar-refractivity contribution in [2.75, 3.05) is 13.2 Å². The molecule has 1 aliphatic carbocycles. The van der Waals surface area contributed by atoms with Crippen LogP contribution in [0, 0.1) is 10.1 Å². The van der Waals surface area contributed by atoms with E-state index in [4.69, 9.17) is 4.74 Å². The highest BCUT2D eigenvalue weighted by molar-refractivity contribution is 5.85. The quantitative estimate of drug-likeness (QED) is 0.213. The molecule has 7 nitrogen and oxygen atoms in total. The van der Waals surface area contributed by atoms with Crippen molar-refractivity contribution in [1.82, 2.24) is 4.90 Å². The number of nitro groups is 1. The second kappa shape index (κ2) is 12.2. The summed E-state index contributed by atoms with van der Waals surface area (Å²) in [6, 6.07) is 4.77. The molecule has 29 heavy (non-hydrogen) atoms. The molecule has 0 bridgehead atoms. The Balaban J connectivity index is 1.74. The second-order valence-electron chi connectivity index (χ2n) is 7.60. The van der Waals surface area contributed by atoms with Gasteiger partial charge in [-0.1, -0.05) is 32.3 Å². The van der Waals surface area contributed by atoms with Crippen LogP contribution < -0.4 is 4.74 Å². The summed E-state index contributed by atoms with van der Waals surface area (Å²) < 4.78 is 5.58. The first kappa shape index (κ1) is 22.8. The van der Waals surface area contributed by atoms with E-state index in [1.807, 2.05) is 0 Å². The highest BCUT2D eigenvalue weighted by Crippen LogP contribution is 2.27. The molecular formula is C22H32N2O5. The molecule has 1 amide bonds. The van der Waals surface area contributed by atoms with E-state index in [1.54, 1.807) is 6.07 Å². The molecule has 7 heteroatoms. The number of nitrogens with zero attached hydrogens (tertiary/aromatic N) is 2. The van der Waals surface area contributed by atoms with Crippen molar-refractivity contribution < 1.29 is 19.2 Å². The number of hydrogen-bond donors (Lipinski definition) is 0. The molecule has 0 heterocycles. The molecule has 0 spiro atoms. The number of rotatable bonds is 12. The maximum atomic E-state index is 12.7. The van der Waals surface area contributed by atoms with Gasteiger partial charge in [-0.15, -0.1) is 0 Å². The van der Waals surface area contributed by atoms with E-state index in [9.17, 15) is 19.7 Å². The van der Waals surface area contributed by atoms with E-state index in [-0.39, 0.29) is 22.9 Å². The van der Waals surface area contributed by atoms with Crippen LogP contribution in [0.4, 0.5) is 5.69 Å². The molecule has 1 aromatic carbocycles. The first-order chi connectivity index (χ1) is 14.1. The Kier molecular flexibility index (Phi) is 9.60. The van der Waals surface area contributed by atoms with Crippen LogP contribution in [0.25, 0.3) is 0 Å². The lowest BCUT2D eigenvalue weighted by atomic mass is 9.93. The standard InChI is InChI=1S/C22H32N2O5/c1-2-15-23(18-10-5-3-6-11-18)22(26)14-7-4-8-16-29-21-13-9-12-20(24(27)28)19(21)17-25/h9,12-13,17-18H,2-8,10-11,14-16H2,1H3. The van der Waals surface area contributed by atoms with E-state index >= 15 is 0 Å². The van der Waals surface area contributed by atoms with Crippen LogP contribution in [0.5, 0.6) is 5.75 Å². The van der Waals surface area contributed by atoms with Gasteiger partial charge in [0.25, 0.3) is 5.69 Å². The topological polar surface area (TPSA) is 89.8 Å². The average Bonchev–Trinajstić information content (AvgIpc) is 2.74. The van der Waals surface area contributed by atoms with Crippen molar-refractivity contribution in [1.29, 1.82) is 0 Å². The maximum Gasteiger partial charge on any atom is 0.283 e. The lowest BCUT2D eigenvalue weighted by molar-refractivity contribution is -0.385. The number of ether oxygens (including phenoxy) is 1. The Morgan fingerprint density at radius 1 is 1.24 bits per heavy atom. The maximum absolute atomic E-state index is 12.7. The molecule has 0 aliphatic heterocycles. The van der Waals surface area contributed by atoms with Gasteiger partial charge < -0.3 is 9.64 Å². The number of benzene rings is 1. The van der Waals surface area contributed by atoms with Crippen molar-refractivity contribution in [2.45, 2.75) is 77.2 Å². The number of hydrogen-bond acceptors (Lipinski definition) is 5. The fourth-order valence-corrected chi connectivity index (χ4v) is 3.96. The Labute approximate surface area is 172 Å². The highest BCUT2D eigenvalue weighted by atomic mass is 16.6. The van der Waals surface area contributed by atoms with E-state index < -0.39 is 4.92 Å². The molecule has 1 fully saturated rings. The number of unbranched alkanes of at least 4 members (excludes halogenated alkanes) is 2. The number of carbonyl (C=O) groups is 2. The summed E-state index contributed by atoms with van der Waals surface area (Å²) >= 11 is 0. The summed E-state index contributed by atoms with van der Waals surface area (Å²) in [6.45, 7) is 3.31. The summed E-state index contributed by atoms with van der Waals surface area (Å²) in [5.74, 6) is 0.485. The van der Waals surface area contributed by atoms with Crippen molar-refractivity contribution >= 4 is 17.9 Å². The van der Waals surface area contributed by atoms with Gasteiger partial charge in [0.15, 0.2) is 6.29 Å². The summed E-state index contributed by atoms with van der Waals surface area (Å²) in [6.07, 6.45) is 10.3. The number of amides is 1. The summed E-state index contributed by atoms with van der Waals surface area (Å²) in [7, 11) is 0. The minimum atomic E-state index is -0.587. The molecule has 0 saturated heterocycles. The third-order valence-electron chi connectivity index (χ3n) is 5.45. The zero-order valence-corrected chi connectivity index (χ0v) is 17.3. The van der Waals surface area contributed by atoms with Crippen LogP contribution in [0.2, 0.25) is 0 Å². The molecule has 1 aliphatic rings. The van der Waals surface area contributed by atoms with E-state index in [1.165, 1.54) is 31.4 Å². The van der Waals surface area contributed by atoms with Gasteiger partial charge in [0.2, 0.25) is 5.91 Å². The normalized spacial score (nSPS) is 14.4. The molecule has 160 valence electrons. The molecule has 1 saturated carbocycles. The number of nitro benzene ring substituents is 1. The van der Waals surface area contributed by atoms with Crippen LogP contribution in [0.1, 0.15) is 81.5 Å². The second-order valence-corrected chi connectivity index (χ2v) is 7.60. The van der Waals surface area contributed by atoms with Crippen molar-refractivity contribution in [3.63, 3.8) is 0 Å². The van der Waals surface area contributed by atoms with Crippen LogP contribution >= 0.6 is 0 Å². The molecule has 0 atom stereocenters. The first-order valence-electron chi connectivity index (χ1n) is 10.7. The zero-order chi connectivity index (χ0) is 21.1. The smallest absolute Gasteiger partial charge is 0.283 e. The average molecular weight is 405 g/mol. The van der Waals surface area contributed by atoms with Crippen molar-refractivity contribution in [3.8, 4) is 5.75 Å². The van der Waals surface area contributed by atoms with Gasteiger partial charge in [-0.25, -0.2) is 0 Å². The molecule has 0 N–H and O–H groups in total. The SMILES string of the molecule is CCCN(C(=O)CCCCCOc1cccc([N+](=O)[O-])c1C=O)C1CCCCC1. The van der Waals surface area contributed by atoms with Crippen LogP contribution in [0.3, 0.4) is 0 Å². The third kappa shape index (κ3) is 6.84. The molecular weight excluding hydrogens is 372 g/mol. The van der Waals surface area contributed by atoms with Gasteiger partial charge in [-0.2, -0.15) is 0 Å². The fraction of sp³-hybridized carbons (Fsp3) is 0.636. The summed E-state index contributed by atoms with van der Waals surface area (Å²) in [5.41, 5.74) is -0.280. The lowest BCUT2D eigenvalue weighted by Gasteiger charge is -2.34. The largest absolute Gasteiger partial charge is 0.493 e. The van der Waals surface area contributed by atoms with Gasteiger partial charge in [-0.05, 0) is 44.6 Å². The van der Waals surface area contributed by atoms with E-state index in [0.717, 1.165) is 45.1 Å². The van der Waals surface area contributed by atoms with E-state index in [2.05, 4.69) is 11.8 Å². The number of aldehydes is 1. The Bertz CT molecular complexity index is 686. The highest BCUT2D eigenvalue weighted by Gasteiger charge is 2.24. The molecule has 1 aromatic rings. The predicted octanol–water partition coefficient (Wildman–Crippen LogP) is 4.92. The minimum Gasteiger partial charge on any atom is -0.493 e. The molecule has 0 unspecified atom stereocenters. The molecule has 2 rings (SSSR count). The molecule has 0 radical (unpaired) electrons. The van der Waals surface area contributed by atoms with Gasteiger partial charge in [0, 0.05) is 25.1 Å². The van der Waals surface area contributed by atoms with Gasteiger partial charge in [-0.3, -0.25) is 19.7 Å². The monoisotopic (exact) mass is 404 g/mol. The van der Waals surface area contributed by atoms with Crippen molar-refractivity contribution in [3.05, 3.63) is 33.9 Å². The van der Waals surface area contributed by atoms with Crippen LogP contribution in [-0.4, -0.2) is 41.2 Å². The van der Waals surface area contributed by atoms with E-state index in [0.29, 0.717) is 25.4 Å². The van der Waals surface area contributed by atoms with Gasteiger partial charge in [0.1, 0.15) is 11.3 Å². The lowest BCUT2D eigenvalue weighted by Crippen LogP contribution is -2.41.